The van der Waals surface area contributed by atoms with E-state index >= 15 is 0 Å². The molecule has 1 aliphatic rings. The number of nitrogens with zero attached hydrogens (tertiary/aromatic N) is 2. The topological polar surface area (TPSA) is 23.6 Å². The molecule has 0 aliphatic carbocycles. The minimum Gasteiger partial charge on any atom is -0.340 e. The molecule has 0 unspecified atom stereocenters. The Morgan fingerprint density at radius 1 is 1.14 bits per heavy atom. The summed E-state index contributed by atoms with van der Waals surface area (Å²) in [5, 5.41) is 0. The van der Waals surface area contributed by atoms with Gasteiger partial charge in [0, 0.05) is 38.6 Å². The van der Waals surface area contributed by atoms with Crippen LogP contribution < -0.4 is 0 Å². The van der Waals surface area contributed by atoms with E-state index < -0.39 is 0 Å². The van der Waals surface area contributed by atoms with E-state index in [1.54, 1.807) is 6.07 Å². The summed E-state index contributed by atoms with van der Waals surface area (Å²) in [7, 11) is 0. The SMILES string of the molecule is CCC(CC)C(=O)N1CCN(CCc2ccccc2F)CC1. The van der Waals surface area contributed by atoms with Gasteiger partial charge in [-0.2, -0.15) is 0 Å². The first kappa shape index (κ1) is 16.9. The summed E-state index contributed by atoms with van der Waals surface area (Å²) in [6.07, 6.45) is 2.57. The van der Waals surface area contributed by atoms with Crippen molar-refractivity contribution in [1.82, 2.24) is 9.80 Å². The maximum absolute atomic E-state index is 13.6. The average molecular weight is 306 g/mol. The zero-order valence-corrected chi connectivity index (χ0v) is 13.7. The molecule has 1 heterocycles. The van der Waals surface area contributed by atoms with Crippen LogP contribution in [0.15, 0.2) is 24.3 Å². The normalized spacial score (nSPS) is 16.3. The fourth-order valence-electron chi connectivity index (χ4n) is 3.07. The Hall–Kier alpha value is -1.42. The number of carbonyl (C=O) groups excluding carboxylic acids is 1. The highest BCUT2D eigenvalue weighted by molar-refractivity contribution is 5.78. The quantitative estimate of drug-likeness (QED) is 0.807. The highest BCUT2D eigenvalue weighted by atomic mass is 19.1. The van der Waals surface area contributed by atoms with Gasteiger partial charge in [0.15, 0.2) is 0 Å². The summed E-state index contributed by atoms with van der Waals surface area (Å²) in [5.41, 5.74) is 0.776. The van der Waals surface area contributed by atoms with Crippen LogP contribution in [-0.4, -0.2) is 48.4 Å². The number of benzene rings is 1. The lowest BCUT2D eigenvalue weighted by atomic mass is 10.0. The number of piperazine rings is 1. The number of halogens is 1. The summed E-state index contributed by atoms with van der Waals surface area (Å²) < 4.78 is 13.6. The summed E-state index contributed by atoms with van der Waals surface area (Å²) in [5.74, 6) is 0.355. The molecule has 0 atom stereocenters. The molecule has 0 bridgehead atoms. The predicted octanol–water partition coefficient (Wildman–Crippen LogP) is 2.95. The van der Waals surface area contributed by atoms with Crippen LogP contribution in [0.1, 0.15) is 32.3 Å². The zero-order chi connectivity index (χ0) is 15.9. The molecule has 1 fully saturated rings. The molecule has 1 saturated heterocycles. The van der Waals surface area contributed by atoms with Gasteiger partial charge in [-0.3, -0.25) is 9.69 Å². The first-order valence-corrected chi connectivity index (χ1v) is 8.40. The molecule has 4 heteroatoms. The lowest BCUT2D eigenvalue weighted by Crippen LogP contribution is -2.50. The van der Waals surface area contributed by atoms with Crippen LogP contribution in [-0.2, 0) is 11.2 Å². The average Bonchev–Trinajstić information content (AvgIpc) is 2.55. The van der Waals surface area contributed by atoms with E-state index in [1.807, 2.05) is 17.0 Å². The number of hydrogen-bond acceptors (Lipinski definition) is 2. The van der Waals surface area contributed by atoms with Crippen molar-refractivity contribution >= 4 is 5.91 Å². The molecule has 2 rings (SSSR count). The Balaban J connectivity index is 1.78. The van der Waals surface area contributed by atoms with E-state index in [0.29, 0.717) is 5.91 Å². The van der Waals surface area contributed by atoms with Crippen LogP contribution in [0.3, 0.4) is 0 Å². The fourth-order valence-corrected chi connectivity index (χ4v) is 3.07. The summed E-state index contributed by atoms with van der Waals surface area (Å²) in [6, 6.07) is 6.97. The van der Waals surface area contributed by atoms with Gasteiger partial charge in [0.1, 0.15) is 5.82 Å². The van der Waals surface area contributed by atoms with Crippen LogP contribution in [0, 0.1) is 11.7 Å². The van der Waals surface area contributed by atoms with E-state index in [4.69, 9.17) is 0 Å². The Morgan fingerprint density at radius 3 is 2.36 bits per heavy atom. The van der Waals surface area contributed by atoms with Crippen molar-refractivity contribution in [1.29, 1.82) is 0 Å². The van der Waals surface area contributed by atoms with Gasteiger partial charge in [0.05, 0.1) is 0 Å². The third-order valence-electron chi connectivity index (χ3n) is 4.67. The third kappa shape index (κ3) is 4.29. The zero-order valence-electron chi connectivity index (χ0n) is 13.7. The van der Waals surface area contributed by atoms with Crippen molar-refractivity contribution < 1.29 is 9.18 Å². The monoisotopic (exact) mass is 306 g/mol. The molecule has 0 spiro atoms. The second-order valence-electron chi connectivity index (χ2n) is 6.02. The Bertz CT molecular complexity index is 480. The van der Waals surface area contributed by atoms with Crippen LogP contribution >= 0.6 is 0 Å². The minimum atomic E-state index is -0.120. The molecule has 0 aromatic heterocycles. The smallest absolute Gasteiger partial charge is 0.225 e. The molecule has 122 valence electrons. The van der Waals surface area contributed by atoms with Crippen molar-refractivity contribution in [3.05, 3.63) is 35.6 Å². The van der Waals surface area contributed by atoms with Gasteiger partial charge >= 0.3 is 0 Å². The van der Waals surface area contributed by atoms with E-state index in [0.717, 1.165) is 57.5 Å². The number of hydrogen-bond donors (Lipinski definition) is 0. The number of carbonyl (C=O) groups is 1. The molecule has 22 heavy (non-hydrogen) atoms. The standard InChI is InChI=1S/C18H27FN2O/c1-3-15(4-2)18(22)21-13-11-20(12-14-21)10-9-16-7-5-6-8-17(16)19/h5-8,15H,3-4,9-14H2,1-2H3. The van der Waals surface area contributed by atoms with Gasteiger partial charge in [0.2, 0.25) is 5.91 Å². The molecule has 1 aromatic rings. The van der Waals surface area contributed by atoms with Crippen molar-refractivity contribution in [2.75, 3.05) is 32.7 Å². The summed E-state index contributed by atoms with van der Waals surface area (Å²) in [6.45, 7) is 8.39. The highest BCUT2D eigenvalue weighted by Gasteiger charge is 2.25. The van der Waals surface area contributed by atoms with Crippen LogP contribution in [0.25, 0.3) is 0 Å². The van der Waals surface area contributed by atoms with E-state index in [1.165, 1.54) is 6.07 Å². The molecular weight excluding hydrogens is 279 g/mol. The predicted molar refractivity (Wildman–Crippen MR) is 87.2 cm³/mol. The summed E-state index contributed by atoms with van der Waals surface area (Å²) in [4.78, 5) is 16.7. The molecule has 1 amide bonds. The Kier molecular flexibility index (Phi) is 6.37. The first-order valence-electron chi connectivity index (χ1n) is 8.40. The second-order valence-corrected chi connectivity index (χ2v) is 6.02. The third-order valence-corrected chi connectivity index (χ3v) is 4.67. The fraction of sp³-hybridized carbons (Fsp3) is 0.611. The van der Waals surface area contributed by atoms with Gasteiger partial charge in [0.25, 0.3) is 0 Å². The molecule has 0 saturated carbocycles. The molecule has 1 aromatic carbocycles. The van der Waals surface area contributed by atoms with Gasteiger partial charge in [-0.25, -0.2) is 4.39 Å². The van der Waals surface area contributed by atoms with Crippen molar-refractivity contribution in [3.8, 4) is 0 Å². The Labute approximate surface area is 133 Å². The van der Waals surface area contributed by atoms with E-state index in [-0.39, 0.29) is 11.7 Å². The van der Waals surface area contributed by atoms with Gasteiger partial charge in [-0.05, 0) is 30.9 Å². The molecule has 0 radical (unpaired) electrons. The van der Waals surface area contributed by atoms with Crippen molar-refractivity contribution in [2.24, 2.45) is 5.92 Å². The highest BCUT2D eigenvalue weighted by Crippen LogP contribution is 2.14. The largest absolute Gasteiger partial charge is 0.340 e. The van der Waals surface area contributed by atoms with Crippen LogP contribution in [0.2, 0.25) is 0 Å². The molecular formula is C18H27FN2O. The maximum atomic E-state index is 13.6. The second kappa shape index (κ2) is 8.28. The summed E-state index contributed by atoms with van der Waals surface area (Å²) >= 11 is 0. The molecule has 1 aliphatic heterocycles. The van der Waals surface area contributed by atoms with Crippen molar-refractivity contribution in [3.63, 3.8) is 0 Å². The lowest BCUT2D eigenvalue weighted by molar-refractivity contribution is -0.137. The lowest BCUT2D eigenvalue weighted by Gasteiger charge is -2.36. The number of rotatable bonds is 6. The van der Waals surface area contributed by atoms with Gasteiger partial charge in [-0.1, -0.05) is 32.0 Å². The van der Waals surface area contributed by atoms with Gasteiger partial charge in [-0.15, -0.1) is 0 Å². The van der Waals surface area contributed by atoms with Crippen LogP contribution in [0.4, 0.5) is 4.39 Å². The molecule has 0 N–H and O–H groups in total. The minimum absolute atomic E-state index is 0.120. The Morgan fingerprint density at radius 2 is 1.77 bits per heavy atom. The van der Waals surface area contributed by atoms with Crippen LogP contribution in [0.5, 0.6) is 0 Å². The number of amides is 1. The van der Waals surface area contributed by atoms with E-state index in [2.05, 4.69) is 18.7 Å². The van der Waals surface area contributed by atoms with Crippen molar-refractivity contribution in [2.45, 2.75) is 33.1 Å². The van der Waals surface area contributed by atoms with E-state index in [9.17, 15) is 9.18 Å². The van der Waals surface area contributed by atoms with Gasteiger partial charge < -0.3 is 4.90 Å². The first-order chi connectivity index (χ1) is 10.7. The molecule has 3 nitrogen and oxygen atoms in total. The maximum Gasteiger partial charge on any atom is 0.225 e.